The summed E-state index contributed by atoms with van der Waals surface area (Å²) in [6.45, 7) is 2.25. The normalized spacial score (nSPS) is 11.5. The number of rotatable bonds is 8. The van der Waals surface area contributed by atoms with Crippen molar-refractivity contribution in [3.8, 4) is 17.2 Å². The van der Waals surface area contributed by atoms with E-state index in [-0.39, 0.29) is 18.3 Å². The van der Waals surface area contributed by atoms with Gasteiger partial charge in [0, 0.05) is 0 Å². The van der Waals surface area contributed by atoms with E-state index in [1.54, 1.807) is 32.2 Å². The van der Waals surface area contributed by atoms with Gasteiger partial charge in [0.1, 0.15) is 18.2 Å². The van der Waals surface area contributed by atoms with Gasteiger partial charge in [-0.25, -0.2) is 4.39 Å². The first kappa shape index (κ1) is 17.6. The van der Waals surface area contributed by atoms with Gasteiger partial charge < -0.3 is 19.5 Å². The fourth-order valence-electron chi connectivity index (χ4n) is 1.98. The molecule has 0 aliphatic heterocycles. The number of ether oxygens (including phenoxy) is 3. The molecule has 24 heavy (non-hydrogen) atoms. The molecule has 0 fully saturated rings. The largest absolute Gasteiger partial charge is 0.493 e. The molecule has 0 heterocycles. The van der Waals surface area contributed by atoms with E-state index in [9.17, 15) is 9.18 Å². The highest BCUT2D eigenvalue weighted by atomic mass is 19.1. The standard InChI is InChI=1S/C18H20FNO4/c1-13(24-17-6-4-3-5-16(17)22-2)18(21)20-11-12-23-15-9-7-14(19)8-10-15/h3-10,13H,11-12H2,1-2H3,(H,20,21)/t13-/m1/s1. The fourth-order valence-corrected chi connectivity index (χ4v) is 1.98. The molecule has 2 aromatic rings. The van der Waals surface area contributed by atoms with Crippen LogP contribution in [-0.4, -0.2) is 32.3 Å². The topological polar surface area (TPSA) is 56.8 Å². The van der Waals surface area contributed by atoms with Gasteiger partial charge in [0.05, 0.1) is 13.7 Å². The lowest BCUT2D eigenvalue weighted by Gasteiger charge is -2.16. The maximum absolute atomic E-state index is 12.8. The molecule has 0 spiro atoms. The van der Waals surface area contributed by atoms with Crippen LogP contribution in [0.3, 0.4) is 0 Å². The molecule has 2 rings (SSSR count). The molecule has 0 aromatic heterocycles. The number of hydrogen-bond acceptors (Lipinski definition) is 4. The second-order valence-corrected chi connectivity index (χ2v) is 5.00. The highest BCUT2D eigenvalue weighted by molar-refractivity contribution is 5.80. The van der Waals surface area contributed by atoms with Crippen molar-refractivity contribution in [3.63, 3.8) is 0 Å². The Balaban J connectivity index is 1.74. The number of hydrogen-bond donors (Lipinski definition) is 1. The Morgan fingerprint density at radius 3 is 2.46 bits per heavy atom. The van der Waals surface area contributed by atoms with Crippen LogP contribution in [0, 0.1) is 5.82 Å². The Morgan fingerprint density at radius 1 is 1.12 bits per heavy atom. The van der Waals surface area contributed by atoms with Crippen molar-refractivity contribution in [1.29, 1.82) is 0 Å². The molecule has 0 aliphatic carbocycles. The Bertz CT molecular complexity index is 660. The van der Waals surface area contributed by atoms with Gasteiger partial charge in [0.2, 0.25) is 0 Å². The number of nitrogens with one attached hydrogen (secondary N) is 1. The second kappa shape index (κ2) is 8.76. The summed E-state index contributed by atoms with van der Waals surface area (Å²) in [5.41, 5.74) is 0. The van der Waals surface area contributed by atoms with Gasteiger partial charge in [-0.05, 0) is 43.3 Å². The monoisotopic (exact) mass is 333 g/mol. The summed E-state index contributed by atoms with van der Waals surface area (Å²) in [5.74, 6) is 1.03. The minimum atomic E-state index is -0.674. The Labute approximate surface area is 140 Å². The Kier molecular flexibility index (Phi) is 6.42. The van der Waals surface area contributed by atoms with Gasteiger partial charge in [0.25, 0.3) is 5.91 Å². The smallest absolute Gasteiger partial charge is 0.260 e. The molecule has 1 atom stereocenters. The van der Waals surface area contributed by atoms with E-state index >= 15 is 0 Å². The van der Waals surface area contributed by atoms with Gasteiger partial charge in [-0.15, -0.1) is 0 Å². The number of para-hydroxylation sites is 2. The molecule has 0 bridgehead atoms. The third-order valence-corrected chi connectivity index (χ3v) is 3.23. The molecule has 1 amide bonds. The van der Waals surface area contributed by atoms with Crippen molar-refractivity contribution in [1.82, 2.24) is 5.32 Å². The number of halogens is 1. The lowest BCUT2D eigenvalue weighted by atomic mass is 10.3. The van der Waals surface area contributed by atoms with Crippen molar-refractivity contribution in [3.05, 3.63) is 54.3 Å². The van der Waals surface area contributed by atoms with E-state index in [0.717, 1.165) is 0 Å². The zero-order valence-electron chi connectivity index (χ0n) is 13.6. The van der Waals surface area contributed by atoms with Crippen molar-refractivity contribution >= 4 is 5.91 Å². The number of amides is 1. The first-order chi connectivity index (χ1) is 11.6. The molecular formula is C18H20FNO4. The molecular weight excluding hydrogens is 313 g/mol. The van der Waals surface area contributed by atoms with Gasteiger partial charge in [-0.2, -0.15) is 0 Å². The third kappa shape index (κ3) is 5.15. The average Bonchev–Trinajstić information content (AvgIpc) is 2.60. The molecule has 0 saturated carbocycles. The predicted molar refractivity (Wildman–Crippen MR) is 88.0 cm³/mol. The molecule has 0 aliphatic rings. The summed E-state index contributed by atoms with van der Waals surface area (Å²) in [7, 11) is 1.54. The van der Waals surface area contributed by atoms with Crippen molar-refractivity contribution in [2.45, 2.75) is 13.0 Å². The van der Waals surface area contributed by atoms with E-state index in [1.165, 1.54) is 24.3 Å². The fraction of sp³-hybridized carbons (Fsp3) is 0.278. The molecule has 0 saturated heterocycles. The van der Waals surface area contributed by atoms with Crippen LogP contribution >= 0.6 is 0 Å². The van der Waals surface area contributed by atoms with E-state index in [0.29, 0.717) is 23.8 Å². The van der Waals surface area contributed by atoms with Crippen LogP contribution in [0.25, 0.3) is 0 Å². The van der Waals surface area contributed by atoms with Crippen molar-refractivity contribution in [2.75, 3.05) is 20.3 Å². The van der Waals surface area contributed by atoms with Gasteiger partial charge in [-0.3, -0.25) is 4.79 Å². The van der Waals surface area contributed by atoms with Crippen LogP contribution < -0.4 is 19.5 Å². The summed E-state index contributed by atoms with van der Waals surface area (Å²) < 4.78 is 29.0. The van der Waals surface area contributed by atoms with Gasteiger partial charge in [-0.1, -0.05) is 12.1 Å². The third-order valence-electron chi connectivity index (χ3n) is 3.23. The van der Waals surface area contributed by atoms with Crippen LogP contribution in [0.1, 0.15) is 6.92 Å². The maximum Gasteiger partial charge on any atom is 0.260 e. The summed E-state index contributed by atoms with van der Waals surface area (Å²) >= 11 is 0. The molecule has 0 radical (unpaired) electrons. The van der Waals surface area contributed by atoms with Crippen LogP contribution in [0.4, 0.5) is 4.39 Å². The van der Waals surface area contributed by atoms with E-state index in [1.807, 2.05) is 6.07 Å². The zero-order valence-corrected chi connectivity index (χ0v) is 13.6. The van der Waals surface area contributed by atoms with Crippen LogP contribution in [0.5, 0.6) is 17.2 Å². The van der Waals surface area contributed by atoms with Crippen molar-refractivity contribution < 1.29 is 23.4 Å². The summed E-state index contributed by atoms with van der Waals surface area (Å²) in [6.07, 6.45) is -0.674. The molecule has 1 N–H and O–H groups in total. The summed E-state index contributed by atoms with van der Waals surface area (Å²) in [6, 6.07) is 12.8. The minimum Gasteiger partial charge on any atom is -0.493 e. The maximum atomic E-state index is 12.8. The number of carbonyl (C=O) groups is 1. The van der Waals surface area contributed by atoms with Gasteiger partial charge in [0.15, 0.2) is 17.6 Å². The average molecular weight is 333 g/mol. The molecule has 128 valence electrons. The highest BCUT2D eigenvalue weighted by Gasteiger charge is 2.16. The number of carbonyl (C=O) groups excluding carboxylic acids is 1. The molecule has 0 unspecified atom stereocenters. The first-order valence-electron chi connectivity index (χ1n) is 7.56. The first-order valence-corrected chi connectivity index (χ1v) is 7.56. The van der Waals surface area contributed by atoms with Gasteiger partial charge >= 0.3 is 0 Å². The lowest BCUT2D eigenvalue weighted by molar-refractivity contribution is -0.127. The highest BCUT2D eigenvalue weighted by Crippen LogP contribution is 2.26. The Morgan fingerprint density at radius 2 is 1.79 bits per heavy atom. The van der Waals surface area contributed by atoms with E-state index in [2.05, 4.69) is 5.32 Å². The summed E-state index contributed by atoms with van der Waals surface area (Å²) in [4.78, 5) is 12.0. The van der Waals surface area contributed by atoms with Crippen LogP contribution in [-0.2, 0) is 4.79 Å². The number of benzene rings is 2. The zero-order chi connectivity index (χ0) is 17.4. The second-order valence-electron chi connectivity index (χ2n) is 5.00. The SMILES string of the molecule is COc1ccccc1O[C@H](C)C(=O)NCCOc1ccc(F)cc1. The predicted octanol–water partition coefficient (Wildman–Crippen LogP) is 2.80. The molecule has 5 nitrogen and oxygen atoms in total. The van der Waals surface area contributed by atoms with E-state index < -0.39 is 6.10 Å². The quantitative estimate of drug-likeness (QED) is 0.755. The van der Waals surface area contributed by atoms with Crippen LogP contribution in [0.15, 0.2) is 48.5 Å². The van der Waals surface area contributed by atoms with Crippen molar-refractivity contribution in [2.24, 2.45) is 0 Å². The minimum absolute atomic E-state index is 0.261. The van der Waals surface area contributed by atoms with Crippen LogP contribution in [0.2, 0.25) is 0 Å². The summed E-state index contributed by atoms with van der Waals surface area (Å²) in [5, 5.41) is 2.72. The molecule has 6 heteroatoms. The van der Waals surface area contributed by atoms with E-state index in [4.69, 9.17) is 14.2 Å². The lowest BCUT2D eigenvalue weighted by Crippen LogP contribution is -2.38. The number of methoxy groups -OCH3 is 1. The Hall–Kier alpha value is -2.76. The molecule has 2 aromatic carbocycles.